The largest absolute Gasteiger partial charge is 0.412 e. The molecule has 3 aromatic carbocycles. The number of rotatable bonds is 6. The molecule has 0 spiro atoms. The van der Waals surface area contributed by atoms with Crippen molar-refractivity contribution in [3.05, 3.63) is 96.6 Å². The molecule has 2 N–H and O–H groups in total. The number of hydrogen-bond acceptors (Lipinski definition) is 3. The smallest absolute Gasteiger partial charge is 0.0929 e. The second-order valence-electron chi connectivity index (χ2n) is 10.5. The van der Waals surface area contributed by atoms with Gasteiger partial charge in [0.2, 0.25) is 0 Å². The van der Waals surface area contributed by atoms with Gasteiger partial charge in [-0.25, -0.2) is 0 Å². The molecule has 0 radical (unpaired) electrons. The molecule has 37 heavy (non-hydrogen) atoms. The summed E-state index contributed by atoms with van der Waals surface area (Å²) >= 11 is 0. The van der Waals surface area contributed by atoms with Crippen molar-refractivity contribution in [2.75, 3.05) is 37.6 Å². The Balaban J connectivity index is 0.00000190. The Morgan fingerprint density at radius 1 is 0.703 bits per heavy atom. The summed E-state index contributed by atoms with van der Waals surface area (Å²) in [6, 6.07) is 32.2. The highest BCUT2D eigenvalue weighted by atomic mass is 16.0. The fourth-order valence-corrected chi connectivity index (χ4v) is 5.01. The van der Waals surface area contributed by atoms with Gasteiger partial charge in [0.15, 0.2) is 0 Å². The second kappa shape index (κ2) is 12.2. The van der Waals surface area contributed by atoms with E-state index in [1.165, 1.54) is 22.5 Å². The molecular formula is C32H42N4O. The zero-order chi connectivity index (χ0) is 24.3. The number of nitrogens with zero attached hydrogens (tertiary/aromatic N) is 4. The summed E-state index contributed by atoms with van der Waals surface area (Å²) in [6.45, 7) is 13.1. The Kier molecular flexibility index (Phi) is 9.30. The minimum atomic E-state index is 0. The molecule has 0 aliphatic carbocycles. The summed E-state index contributed by atoms with van der Waals surface area (Å²) in [5.41, 5.74) is 7.57. The number of piperazine rings is 1. The SMILES string of the molecule is C.CC(C)(C)c1ccccc1N1CCN(CCn2nc(-c3ccccc3)cc2-c2ccccc2)CC1.O. The van der Waals surface area contributed by atoms with Crippen LogP contribution < -0.4 is 4.90 Å². The van der Waals surface area contributed by atoms with Crippen LogP contribution in [0, 0.1) is 0 Å². The van der Waals surface area contributed by atoms with Crippen molar-refractivity contribution < 1.29 is 5.48 Å². The first kappa shape index (κ1) is 28.2. The highest BCUT2D eigenvalue weighted by Gasteiger charge is 2.24. The number of hydrogen-bond donors (Lipinski definition) is 0. The van der Waals surface area contributed by atoms with Gasteiger partial charge >= 0.3 is 0 Å². The van der Waals surface area contributed by atoms with Crippen LogP contribution in [0.1, 0.15) is 33.8 Å². The first-order valence-corrected chi connectivity index (χ1v) is 12.7. The third-order valence-corrected chi connectivity index (χ3v) is 6.97. The van der Waals surface area contributed by atoms with E-state index in [1.54, 1.807) is 0 Å². The second-order valence-corrected chi connectivity index (χ2v) is 10.5. The van der Waals surface area contributed by atoms with Crippen molar-refractivity contribution in [1.29, 1.82) is 0 Å². The summed E-state index contributed by atoms with van der Waals surface area (Å²) < 4.78 is 2.19. The third kappa shape index (κ3) is 6.48. The highest BCUT2D eigenvalue weighted by Crippen LogP contribution is 2.32. The predicted octanol–water partition coefficient (Wildman–Crippen LogP) is 6.15. The fourth-order valence-electron chi connectivity index (χ4n) is 5.01. The Hall–Kier alpha value is -3.41. The van der Waals surface area contributed by atoms with Gasteiger partial charge in [-0.05, 0) is 28.7 Å². The maximum atomic E-state index is 5.02. The summed E-state index contributed by atoms with van der Waals surface area (Å²) in [7, 11) is 0. The molecule has 0 saturated carbocycles. The molecule has 1 saturated heterocycles. The van der Waals surface area contributed by atoms with Crippen molar-refractivity contribution in [3.63, 3.8) is 0 Å². The lowest BCUT2D eigenvalue weighted by Crippen LogP contribution is -2.47. The van der Waals surface area contributed by atoms with Crippen LogP contribution in [0.15, 0.2) is 91.0 Å². The van der Waals surface area contributed by atoms with Gasteiger partial charge in [0.05, 0.1) is 17.9 Å². The van der Waals surface area contributed by atoms with Gasteiger partial charge in [-0.15, -0.1) is 0 Å². The van der Waals surface area contributed by atoms with E-state index < -0.39 is 0 Å². The zero-order valence-electron chi connectivity index (χ0n) is 21.7. The quantitative estimate of drug-likeness (QED) is 0.320. The summed E-state index contributed by atoms with van der Waals surface area (Å²) in [6.07, 6.45) is 0. The van der Waals surface area contributed by atoms with Crippen LogP contribution in [0.4, 0.5) is 5.69 Å². The maximum Gasteiger partial charge on any atom is 0.0929 e. The molecule has 1 aliphatic heterocycles. The van der Waals surface area contributed by atoms with E-state index in [4.69, 9.17) is 5.10 Å². The Labute approximate surface area is 222 Å². The minimum Gasteiger partial charge on any atom is -0.412 e. The Morgan fingerprint density at radius 2 is 1.27 bits per heavy atom. The zero-order valence-corrected chi connectivity index (χ0v) is 21.7. The topological polar surface area (TPSA) is 55.8 Å². The van der Waals surface area contributed by atoms with E-state index in [2.05, 4.69) is 126 Å². The van der Waals surface area contributed by atoms with E-state index in [0.29, 0.717) is 0 Å². The van der Waals surface area contributed by atoms with Crippen LogP contribution in [0.5, 0.6) is 0 Å². The normalized spacial score (nSPS) is 14.1. The maximum absolute atomic E-state index is 5.02. The van der Waals surface area contributed by atoms with Crippen molar-refractivity contribution in [2.24, 2.45) is 0 Å². The molecule has 196 valence electrons. The molecule has 5 heteroatoms. The lowest BCUT2D eigenvalue weighted by Gasteiger charge is -2.38. The third-order valence-electron chi connectivity index (χ3n) is 6.97. The molecule has 4 aromatic rings. The van der Waals surface area contributed by atoms with Gasteiger partial charge in [0.1, 0.15) is 0 Å². The number of para-hydroxylation sites is 1. The molecule has 1 fully saturated rings. The average molecular weight is 499 g/mol. The number of anilines is 1. The van der Waals surface area contributed by atoms with Gasteiger partial charge < -0.3 is 10.4 Å². The van der Waals surface area contributed by atoms with Crippen LogP contribution in [0.25, 0.3) is 22.5 Å². The van der Waals surface area contributed by atoms with Gasteiger partial charge in [-0.3, -0.25) is 9.58 Å². The van der Waals surface area contributed by atoms with Crippen LogP contribution in [0.3, 0.4) is 0 Å². The standard InChI is InChI=1S/C31H36N4.CH4.H2O/c1-31(2,3)27-16-10-11-17-29(27)34-21-18-33(19-22-34)20-23-35-30(26-14-8-5-9-15-26)24-28(32-35)25-12-6-4-7-13-25;;/h4-17,24H,18-23H2,1-3H3;1H4;1H2. The van der Waals surface area contributed by atoms with Crippen LogP contribution in [-0.2, 0) is 12.0 Å². The van der Waals surface area contributed by atoms with Crippen molar-refractivity contribution in [2.45, 2.75) is 40.2 Å². The van der Waals surface area contributed by atoms with Gasteiger partial charge in [-0.1, -0.05) is 107 Å². The molecule has 5 nitrogen and oxygen atoms in total. The van der Waals surface area contributed by atoms with Crippen LogP contribution >= 0.6 is 0 Å². The number of benzene rings is 3. The van der Waals surface area contributed by atoms with Crippen molar-refractivity contribution in [3.8, 4) is 22.5 Å². The molecule has 0 bridgehead atoms. The van der Waals surface area contributed by atoms with E-state index >= 15 is 0 Å². The molecule has 2 heterocycles. The molecule has 1 aliphatic rings. The number of aromatic nitrogens is 2. The van der Waals surface area contributed by atoms with Crippen LogP contribution in [0.2, 0.25) is 0 Å². The van der Waals surface area contributed by atoms with E-state index in [9.17, 15) is 0 Å². The predicted molar refractivity (Wildman–Crippen MR) is 157 cm³/mol. The molecule has 1 aromatic heterocycles. The van der Waals surface area contributed by atoms with Gasteiger partial charge in [0.25, 0.3) is 0 Å². The van der Waals surface area contributed by atoms with E-state index in [0.717, 1.165) is 50.5 Å². The molecular weight excluding hydrogens is 456 g/mol. The first-order valence-electron chi connectivity index (χ1n) is 12.7. The van der Waals surface area contributed by atoms with E-state index in [-0.39, 0.29) is 18.3 Å². The summed E-state index contributed by atoms with van der Waals surface area (Å²) in [5.74, 6) is 0. The average Bonchev–Trinajstić information content (AvgIpc) is 3.33. The lowest BCUT2D eigenvalue weighted by atomic mass is 9.85. The van der Waals surface area contributed by atoms with Crippen molar-refractivity contribution in [1.82, 2.24) is 14.7 Å². The Bertz CT molecular complexity index is 1240. The monoisotopic (exact) mass is 498 g/mol. The highest BCUT2D eigenvalue weighted by molar-refractivity contribution is 5.68. The summed E-state index contributed by atoms with van der Waals surface area (Å²) in [5, 5.41) is 5.02. The van der Waals surface area contributed by atoms with E-state index in [1.807, 2.05) is 0 Å². The Morgan fingerprint density at radius 3 is 1.89 bits per heavy atom. The lowest BCUT2D eigenvalue weighted by molar-refractivity contribution is 0.245. The molecule has 0 amide bonds. The fraction of sp³-hybridized carbons (Fsp3) is 0.344. The molecule has 0 unspecified atom stereocenters. The molecule has 5 rings (SSSR count). The first-order chi connectivity index (χ1) is 17.0. The van der Waals surface area contributed by atoms with Crippen LogP contribution in [-0.4, -0.2) is 52.9 Å². The minimum absolute atomic E-state index is 0. The summed E-state index contributed by atoms with van der Waals surface area (Å²) in [4.78, 5) is 5.14. The van der Waals surface area contributed by atoms with Gasteiger partial charge in [0, 0.05) is 44.0 Å². The van der Waals surface area contributed by atoms with Crippen molar-refractivity contribution >= 4 is 5.69 Å². The van der Waals surface area contributed by atoms with Gasteiger partial charge in [-0.2, -0.15) is 5.10 Å². The molecule has 0 atom stereocenters.